The summed E-state index contributed by atoms with van der Waals surface area (Å²) in [5.74, 6) is 1.56. The van der Waals surface area contributed by atoms with Gasteiger partial charge in [0.15, 0.2) is 9.84 Å². The molecule has 0 aliphatic carbocycles. The molecule has 112 valence electrons. The van der Waals surface area contributed by atoms with Crippen molar-refractivity contribution in [2.45, 2.75) is 18.3 Å². The van der Waals surface area contributed by atoms with Gasteiger partial charge in [-0.15, -0.1) is 0 Å². The standard InChI is InChI=1S/C13H21N3O2S2/c1-10(14-2)12-5-4-11(8-15-12)16-6-7-19-9-13(16)20(3,17)18/h4-5,8,10,13-14H,6-7,9H2,1-3H3. The molecule has 1 fully saturated rings. The number of sulfone groups is 1. The van der Waals surface area contributed by atoms with E-state index in [1.165, 1.54) is 6.26 Å². The molecule has 1 aliphatic heterocycles. The third-order valence-corrected chi connectivity index (χ3v) is 6.20. The van der Waals surface area contributed by atoms with E-state index in [0.717, 1.165) is 23.7 Å². The lowest BCUT2D eigenvalue weighted by molar-refractivity contribution is 0.584. The lowest BCUT2D eigenvalue weighted by Crippen LogP contribution is -2.47. The zero-order valence-electron chi connectivity index (χ0n) is 12.0. The highest BCUT2D eigenvalue weighted by molar-refractivity contribution is 8.01. The van der Waals surface area contributed by atoms with Gasteiger partial charge < -0.3 is 10.2 Å². The molecule has 0 spiro atoms. The van der Waals surface area contributed by atoms with Gasteiger partial charge in [-0.2, -0.15) is 11.8 Å². The second-order valence-electron chi connectivity index (χ2n) is 5.00. The summed E-state index contributed by atoms with van der Waals surface area (Å²) in [7, 11) is -1.20. The normalized spacial score (nSPS) is 21.8. The van der Waals surface area contributed by atoms with Gasteiger partial charge in [-0.25, -0.2) is 8.42 Å². The van der Waals surface area contributed by atoms with E-state index in [0.29, 0.717) is 5.75 Å². The second-order valence-corrected chi connectivity index (χ2v) is 8.36. The zero-order valence-corrected chi connectivity index (χ0v) is 13.7. The van der Waals surface area contributed by atoms with E-state index in [9.17, 15) is 8.42 Å². The molecular weight excluding hydrogens is 294 g/mol. The first-order chi connectivity index (χ1) is 9.43. The van der Waals surface area contributed by atoms with E-state index in [1.54, 1.807) is 18.0 Å². The fourth-order valence-electron chi connectivity index (χ4n) is 2.20. The number of aromatic nitrogens is 1. The Balaban J connectivity index is 2.25. The van der Waals surface area contributed by atoms with Gasteiger partial charge in [-0.05, 0) is 26.1 Å². The molecular formula is C13H21N3O2S2. The van der Waals surface area contributed by atoms with Crippen molar-refractivity contribution in [2.24, 2.45) is 0 Å². The Morgan fingerprint density at radius 3 is 2.80 bits per heavy atom. The van der Waals surface area contributed by atoms with Crippen LogP contribution in [0.2, 0.25) is 0 Å². The van der Waals surface area contributed by atoms with Gasteiger partial charge in [0.05, 0.1) is 17.6 Å². The molecule has 1 saturated heterocycles. The molecule has 0 aromatic carbocycles. The molecule has 20 heavy (non-hydrogen) atoms. The molecule has 1 aromatic heterocycles. The second kappa shape index (κ2) is 6.32. The van der Waals surface area contributed by atoms with Gasteiger partial charge in [0, 0.05) is 30.3 Å². The number of pyridine rings is 1. The van der Waals surface area contributed by atoms with Crippen LogP contribution >= 0.6 is 11.8 Å². The average Bonchev–Trinajstić information content (AvgIpc) is 2.46. The Morgan fingerprint density at radius 1 is 1.50 bits per heavy atom. The monoisotopic (exact) mass is 315 g/mol. The number of nitrogens with zero attached hydrogens (tertiary/aromatic N) is 2. The first-order valence-corrected chi connectivity index (χ1v) is 9.71. The quantitative estimate of drug-likeness (QED) is 0.903. The average molecular weight is 315 g/mol. The molecule has 5 nitrogen and oxygen atoms in total. The number of rotatable bonds is 4. The molecule has 1 aliphatic rings. The first kappa shape index (κ1) is 15.6. The maximum atomic E-state index is 11.9. The zero-order chi connectivity index (χ0) is 14.8. The molecule has 0 saturated carbocycles. The van der Waals surface area contributed by atoms with Crippen molar-refractivity contribution in [2.75, 3.05) is 36.3 Å². The van der Waals surface area contributed by atoms with Crippen LogP contribution in [0.1, 0.15) is 18.7 Å². The minimum absolute atomic E-state index is 0.187. The lowest BCUT2D eigenvalue weighted by atomic mass is 10.2. The minimum atomic E-state index is -3.09. The molecule has 2 rings (SSSR count). The van der Waals surface area contributed by atoms with Gasteiger partial charge in [-0.1, -0.05) is 0 Å². The maximum Gasteiger partial charge on any atom is 0.169 e. The van der Waals surface area contributed by atoms with E-state index < -0.39 is 15.2 Å². The summed E-state index contributed by atoms with van der Waals surface area (Å²) in [5, 5.41) is 2.69. The van der Waals surface area contributed by atoms with E-state index in [1.807, 2.05) is 31.0 Å². The Bertz CT molecular complexity index is 545. The smallest absolute Gasteiger partial charge is 0.169 e. The van der Waals surface area contributed by atoms with Crippen LogP contribution in [0.15, 0.2) is 18.3 Å². The Morgan fingerprint density at radius 2 is 2.25 bits per heavy atom. The summed E-state index contributed by atoms with van der Waals surface area (Å²) in [4.78, 5) is 6.39. The minimum Gasteiger partial charge on any atom is -0.352 e. The number of nitrogens with one attached hydrogen (secondary N) is 1. The van der Waals surface area contributed by atoms with Crippen molar-refractivity contribution in [1.82, 2.24) is 10.3 Å². The summed E-state index contributed by atoms with van der Waals surface area (Å²) < 4.78 is 23.8. The highest BCUT2D eigenvalue weighted by Gasteiger charge is 2.31. The molecule has 2 unspecified atom stereocenters. The lowest BCUT2D eigenvalue weighted by Gasteiger charge is -2.35. The summed E-state index contributed by atoms with van der Waals surface area (Å²) in [6, 6.07) is 4.11. The van der Waals surface area contributed by atoms with Gasteiger partial charge in [0.25, 0.3) is 0 Å². The van der Waals surface area contributed by atoms with Gasteiger partial charge >= 0.3 is 0 Å². The van der Waals surface area contributed by atoms with E-state index in [2.05, 4.69) is 10.3 Å². The number of hydrogen-bond acceptors (Lipinski definition) is 6. The fraction of sp³-hybridized carbons (Fsp3) is 0.615. The van der Waals surface area contributed by atoms with Crippen LogP contribution in [-0.2, 0) is 9.84 Å². The van der Waals surface area contributed by atoms with E-state index >= 15 is 0 Å². The van der Waals surface area contributed by atoms with Gasteiger partial charge in [0.1, 0.15) is 5.37 Å². The van der Waals surface area contributed by atoms with Crippen LogP contribution in [0.4, 0.5) is 5.69 Å². The molecule has 7 heteroatoms. The van der Waals surface area contributed by atoms with Gasteiger partial charge in [-0.3, -0.25) is 4.98 Å². The molecule has 0 radical (unpaired) electrons. The third kappa shape index (κ3) is 3.45. The summed E-state index contributed by atoms with van der Waals surface area (Å²) in [6.07, 6.45) is 3.08. The van der Waals surface area contributed by atoms with Crippen LogP contribution in [0.25, 0.3) is 0 Å². The van der Waals surface area contributed by atoms with Crippen LogP contribution in [0, 0.1) is 0 Å². The fourth-order valence-corrected chi connectivity index (χ4v) is 5.04. The Hall–Kier alpha value is -0.790. The number of thioether (sulfide) groups is 1. The number of hydrogen-bond donors (Lipinski definition) is 1. The van der Waals surface area contributed by atoms with Crippen LogP contribution < -0.4 is 10.2 Å². The Kier molecular flexibility index (Phi) is 4.93. The summed E-state index contributed by atoms with van der Waals surface area (Å²) >= 11 is 1.69. The van der Waals surface area contributed by atoms with Crippen molar-refractivity contribution in [3.63, 3.8) is 0 Å². The molecule has 0 amide bonds. The largest absolute Gasteiger partial charge is 0.352 e. The predicted molar refractivity (Wildman–Crippen MR) is 85.0 cm³/mol. The molecule has 1 N–H and O–H groups in total. The number of anilines is 1. The van der Waals surface area contributed by atoms with Crippen molar-refractivity contribution in [3.05, 3.63) is 24.0 Å². The van der Waals surface area contributed by atoms with Crippen molar-refractivity contribution < 1.29 is 8.42 Å². The summed E-state index contributed by atoms with van der Waals surface area (Å²) in [5.41, 5.74) is 1.84. The van der Waals surface area contributed by atoms with E-state index in [4.69, 9.17) is 0 Å². The van der Waals surface area contributed by atoms with Crippen molar-refractivity contribution in [1.29, 1.82) is 0 Å². The Labute approximate surface area is 125 Å². The van der Waals surface area contributed by atoms with Gasteiger partial charge in [0.2, 0.25) is 0 Å². The molecule has 2 heterocycles. The first-order valence-electron chi connectivity index (χ1n) is 6.60. The highest BCUT2D eigenvalue weighted by atomic mass is 32.2. The van der Waals surface area contributed by atoms with Crippen molar-refractivity contribution in [3.8, 4) is 0 Å². The highest BCUT2D eigenvalue weighted by Crippen LogP contribution is 2.26. The van der Waals surface area contributed by atoms with Crippen LogP contribution in [0.3, 0.4) is 0 Å². The third-order valence-electron chi connectivity index (χ3n) is 3.56. The topological polar surface area (TPSA) is 62.3 Å². The predicted octanol–water partition coefficient (Wildman–Crippen LogP) is 1.29. The van der Waals surface area contributed by atoms with Crippen LogP contribution in [-0.4, -0.2) is 50.1 Å². The molecule has 0 bridgehead atoms. The SMILES string of the molecule is CNC(C)c1ccc(N2CCSCC2S(C)(=O)=O)cn1. The molecule has 2 atom stereocenters. The van der Waals surface area contributed by atoms with Crippen molar-refractivity contribution >= 4 is 27.3 Å². The van der Waals surface area contributed by atoms with Crippen LogP contribution in [0.5, 0.6) is 0 Å². The maximum absolute atomic E-state index is 11.9. The van der Waals surface area contributed by atoms with E-state index in [-0.39, 0.29) is 6.04 Å². The molecule has 1 aromatic rings. The summed E-state index contributed by atoms with van der Waals surface area (Å²) in [6.45, 7) is 2.78.